The highest BCUT2D eigenvalue weighted by Crippen LogP contribution is 2.37. The normalized spacial score (nSPS) is 11.2. The molecule has 0 aliphatic rings. The third-order valence-electron chi connectivity index (χ3n) is 5.84. The van der Waals surface area contributed by atoms with Crippen LogP contribution in [0.3, 0.4) is 0 Å². The number of carbonyl (C=O) groups excluding carboxylic acids is 1. The van der Waals surface area contributed by atoms with Crippen LogP contribution in [0.25, 0.3) is 20.9 Å². The van der Waals surface area contributed by atoms with Crippen LogP contribution in [0.5, 0.6) is 11.5 Å². The molecule has 8 nitrogen and oxygen atoms in total. The molecule has 0 radical (unpaired) electrons. The van der Waals surface area contributed by atoms with Gasteiger partial charge in [0.2, 0.25) is 0 Å². The van der Waals surface area contributed by atoms with Crippen molar-refractivity contribution in [3.8, 4) is 11.5 Å². The van der Waals surface area contributed by atoms with Gasteiger partial charge in [-0.05, 0) is 59.2 Å². The van der Waals surface area contributed by atoms with Crippen molar-refractivity contribution >= 4 is 61.6 Å². The highest BCUT2D eigenvalue weighted by Gasteiger charge is 2.15. The molecule has 5 aromatic rings. The summed E-state index contributed by atoms with van der Waals surface area (Å²) in [6.07, 6.45) is 1.46. The number of carbonyl (C=O) groups is 1. The number of halogens is 1. The topological polar surface area (TPSA) is 103 Å². The predicted octanol–water partition coefficient (Wildman–Crippen LogP) is 7.36. The van der Waals surface area contributed by atoms with Crippen LogP contribution < -0.4 is 14.9 Å². The largest absolute Gasteiger partial charge is 0.490 e. The number of amides is 1. The van der Waals surface area contributed by atoms with Gasteiger partial charge in [0.25, 0.3) is 11.6 Å². The molecule has 0 spiro atoms. The van der Waals surface area contributed by atoms with E-state index in [1.165, 1.54) is 29.7 Å². The average Bonchev–Trinajstić information content (AvgIpc) is 3.36. The maximum Gasteiger partial charge on any atom is 0.281 e. The first kappa shape index (κ1) is 26.1. The lowest BCUT2D eigenvalue weighted by molar-refractivity contribution is -0.384. The summed E-state index contributed by atoms with van der Waals surface area (Å²) in [6, 6.07) is 23.7. The van der Waals surface area contributed by atoms with E-state index in [0.717, 1.165) is 21.0 Å². The molecule has 5 rings (SSSR count). The fraction of sp³-hybridized carbons (Fsp3) is 0.103. The van der Waals surface area contributed by atoms with Gasteiger partial charge in [-0.25, -0.2) is 5.43 Å². The van der Waals surface area contributed by atoms with Crippen LogP contribution in [0, 0.1) is 10.1 Å². The molecule has 0 saturated heterocycles. The minimum atomic E-state index is -0.470. The quantitative estimate of drug-likeness (QED) is 0.115. The lowest BCUT2D eigenvalue weighted by Crippen LogP contribution is -2.16. The van der Waals surface area contributed by atoms with Gasteiger partial charge in [0.15, 0.2) is 11.5 Å². The first-order valence-electron chi connectivity index (χ1n) is 12.0. The molecule has 4 aromatic carbocycles. The third kappa shape index (κ3) is 6.00. The molecule has 0 saturated carbocycles. The lowest BCUT2D eigenvalue weighted by Gasteiger charge is -2.15. The SMILES string of the molecule is CCOc1cc(/C=N\NC(=O)c2cc3cc([N+](=O)[O-])ccc3s2)cc(Cl)c1OCc1ccc2ccccc2c1. The van der Waals surface area contributed by atoms with Crippen LogP contribution in [-0.2, 0) is 6.61 Å². The Bertz CT molecular complexity index is 1730. The van der Waals surface area contributed by atoms with Crippen LogP contribution in [0.4, 0.5) is 5.69 Å². The van der Waals surface area contributed by atoms with E-state index in [1.54, 1.807) is 24.3 Å². The number of ether oxygens (including phenoxy) is 2. The number of fused-ring (bicyclic) bond motifs is 2. The zero-order chi connectivity index (χ0) is 27.4. The number of nitrogens with one attached hydrogen (secondary N) is 1. The number of thiophene rings is 1. The predicted molar refractivity (Wildman–Crippen MR) is 154 cm³/mol. The zero-order valence-electron chi connectivity index (χ0n) is 20.7. The smallest absolute Gasteiger partial charge is 0.281 e. The summed E-state index contributed by atoms with van der Waals surface area (Å²) in [5, 5.41) is 18.3. The molecular formula is C29H22ClN3O5S. The van der Waals surface area contributed by atoms with Crippen molar-refractivity contribution in [3.63, 3.8) is 0 Å². The number of benzene rings is 4. The molecule has 39 heavy (non-hydrogen) atoms. The first-order valence-corrected chi connectivity index (χ1v) is 13.2. The maximum absolute atomic E-state index is 12.6. The number of non-ortho nitro benzene ring substituents is 1. The highest BCUT2D eigenvalue weighted by atomic mass is 35.5. The molecule has 0 atom stereocenters. The summed E-state index contributed by atoms with van der Waals surface area (Å²) in [7, 11) is 0. The number of hydrogen-bond donors (Lipinski definition) is 1. The molecular weight excluding hydrogens is 538 g/mol. The Morgan fingerprint density at radius 1 is 1.03 bits per heavy atom. The number of nitro benzene ring substituents is 1. The van der Waals surface area contributed by atoms with Crippen molar-refractivity contribution in [2.45, 2.75) is 13.5 Å². The molecule has 1 heterocycles. The summed E-state index contributed by atoms with van der Waals surface area (Å²) < 4.78 is 12.6. The molecule has 1 amide bonds. The summed E-state index contributed by atoms with van der Waals surface area (Å²) in [5.41, 5.74) is 4.06. The summed E-state index contributed by atoms with van der Waals surface area (Å²) >= 11 is 7.77. The Morgan fingerprint density at radius 2 is 1.85 bits per heavy atom. The van der Waals surface area contributed by atoms with E-state index in [1.807, 2.05) is 25.1 Å². The Balaban J connectivity index is 1.28. The Kier molecular flexibility index (Phi) is 7.72. The van der Waals surface area contributed by atoms with E-state index in [4.69, 9.17) is 21.1 Å². The van der Waals surface area contributed by atoms with Gasteiger partial charge in [0.1, 0.15) is 6.61 Å². The second kappa shape index (κ2) is 11.5. The first-order chi connectivity index (χ1) is 18.9. The minimum absolute atomic E-state index is 0.0306. The summed E-state index contributed by atoms with van der Waals surface area (Å²) in [5.74, 6) is 0.457. The third-order valence-corrected chi connectivity index (χ3v) is 7.24. The van der Waals surface area contributed by atoms with E-state index in [0.29, 0.717) is 45.6 Å². The fourth-order valence-electron chi connectivity index (χ4n) is 4.03. The van der Waals surface area contributed by atoms with Gasteiger partial charge in [-0.15, -0.1) is 11.3 Å². The molecule has 10 heteroatoms. The van der Waals surface area contributed by atoms with E-state index in [2.05, 4.69) is 34.8 Å². The number of hydrazone groups is 1. The van der Waals surface area contributed by atoms with Crippen LogP contribution in [0.15, 0.2) is 84.0 Å². The van der Waals surface area contributed by atoms with Gasteiger partial charge >= 0.3 is 0 Å². The molecule has 1 N–H and O–H groups in total. The summed E-state index contributed by atoms with van der Waals surface area (Å²) in [6.45, 7) is 2.58. The minimum Gasteiger partial charge on any atom is -0.490 e. The molecule has 0 fully saturated rings. The number of nitrogens with zero attached hydrogens (tertiary/aromatic N) is 2. The Labute approximate surface area is 232 Å². The van der Waals surface area contributed by atoms with Crippen molar-refractivity contribution < 1.29 is 19.2 Å². The monoisotopic (exact) mass is 559 g/mol. The highest BCUT2D eigenvalue weighted by molar-refractivity contribution is 7.20. The van der Waals surface area contributed by atoms with E-state index in [-0.39, 0.29) is 5.69 Å². The fourth-order valence-corrected chi connectivity index (χ4v) is 5.23. The van der Waals surface area contributed by atoms with E-state index < -0.39 is 10.8 Å². The average molecular weight is 560 g/mol. The van der Waals surface area contributed by atoms with Crippen molar-refractivity contribution in [2.75, 3.05) is 6.61 Å². The maximum atomic E-state index is 12.6. The molecule has 0 aliphatic heterocycles. The van der Waals surface area contributed by atoms with Crippen molar-refractivity contribution in [3.05, 3.63) is 110 Å². The molecule has 196 valence electrons. The van der Waals surface area contributed by atoms with E-state index in [9.17, 15) is 14.9 Å². The van der Waals surface area contributed by atoms with Crippen LogP contribution in [0.1, 0.15) is 27.7 Å². The number of nitro groups is 1. The Hall–Kier alpha value is -4.47. The van der Waals surface area contributed by atoms with Crippen LogP contribution in [0.2, 0.25) is 5.02 Å². The second-order valence-corrected chi connectivity index (χ2v) is 10.0. The van der Waals surface area contributed by atoms with Crippen molar-refractivity contribution in [1.29, 1.82) is 0 Å². The van der Waals surface area contributed by atoms with Crippen molar-refractivity contribution in [2.24, 2.45) is 5.10 Å². The van der Waals surface area contributed by atoms with Crippen LogP contribution in [-0.4, -0.2) is 23.7 Å². The van der Waals surface area contributed by atoms with Gasteiger partial charge in [0.05, 0.1) is 27.6 Å². The number of hydrogen-bond acceptors (Lipinski definition) is 7. The second-order valence-electron chi connectivity index (χ2n) is 8.52. The van der Waals surface area contributed by atoms with Gasteiger partial charge in [-0.1, -0.05) is 48.0 Å². The molecule has 0 bridgehead atoms. The number of rotatable bonds is 9. The van der Waals surface area contributed by atoms with E-state index >= 15 is 0 Å². The zero-order valence-corrected chi connectivity index (χ0v) is 22.3. The standard InChI is InChI=1S/C29H22ClN3O5S/c1-2-37-25-13-19(12-24(30)28(25)38-17-18-7-8-20-5-3-4-6-21(20)11-18)16-31-32-29(34)27-15-22-14-23(33(35)36)9-10-26(22)39-27/h3-16H,2,17H2,1H3,(H,32,34)/b31-16-. The molecule has 0 aliphatic carbocycles. The van der Waals surface area contributed by atoms with Crippen molar-refractivity contribution in [1.82, 2.24) is 5.43 Å². The Morgan fingerprint density at radius 3 is 2.64 bits per heavy atom. The van der Waals surface area contributed by atoms with Crippen LogP contribution >= 0.6 is 22.9 Å². The lowest BCUT2D eigenvalue weighted by atomic mass is 10.1. The van der Waals surface area contributed by atoms with Gasteiger partial charge in [0, 0.05) is 22.2 Å². The van der Waals surface area contributed by atoms with Gasteiger partial charge in [-0.2, -0.15) is 5.10 Å². The van der Waals surface area contributed by atoms with Gasteiger partial charge in [-0.3, -0.25) is 14.9 Å². The molecule has 0 unspecified atom stereocenters. The van der Waals surface area contributed by atoms with Gasteiger partial charge < -0.3 is 9.47 Å². The summed E-state index contributed by atoms with van der Waals surface area (Å²) in [4.78, 5) is 23.5. The molecule has 1 aromatic heterocycles.